The maximum Gasteiger partial charge on any atom is 0.258 e. The van der Waals surface area contributed by atoms with Crippen molar-refractivity contribution in [1.29, 1.82) is 0 Å². The summed E-state index contributed by atoms with van der Waals surface area (Å²) in [5.74, 6) is 0.154. The molecule has 0 radical (unpaired) electrons. The molecule has 2 saturated heterocycles. The van der Waals surface area contributed by atoms with Gasteiger partial charge < -0.3 is 20.3 Å². The van der Waals surface area contributed by atoms with Crippen LogP contribution in [-0.2, 0) is 20.7 Å². The fourth-order valence-corrected chi connectivity index (χ4v) is 7.54. The maximum absolute atomic E-state index is 14.9. The van der Waals surface area contributed by atoms with E-state index in [0.29, 0.717) is 30.6 Å². The van der Waals surface area contributed by atoms with Crippen molar-refractivity contribution in [1.82, 2.24) is 25.5 Å². The van der Waals surface area contributed by atoms with E-state index >= 15 is 0 Å². The molecule has 4 aliphatic rings. The van der Waals surface area contributed by atoms with Crippen LogP contribution in [0.3, 0.4) is 0 Å². The first-order valence-electron chi connectivity index (χ1n) is 16.4. The molecule has 2 aliphatic heterocycles. The number of carbonyl (C=O) groups excluding carboxylic acids is 2. The van der Waals surface area contributed by atoms with Crippen molar-refractivity contribution in [2.45, 2.75) is 82.6 Å². The van der Waals surface area contributed by atoms with Gasteiger partial charge in [0.05, 0.1) is 30.1 Å². The number of anilines is 2. The molecule has 2 aliphatic carbocycles. The van der Waals surface area contributed by atoms with Crippen LogP contribution in [0.15, 0.2) is 48.5 Å². The minimum atomic E-state index is -1.90. The zero-order valence-electron chi connectivity index (χ0n) is 26.8. The number of rotatable bonds is 8. The van der Waals surface area contributed by atoms with Crippen LogP contribution in [0.1, 0.15) is 59.9 Å². The van der Waals surface area contributed by atoms with E-state index in [1.165, 1.54) is 0 Å². The average Bonchev–Trinajstić information content (AvgIpc) is 3.46. The Labute approximate surface area is 272 Å². The minimum absolute atomic E-state index is 0.174. The molecule has 2 aromatic carbocycles. The number of halogens is 1. The van der Waals surface area contributed by atoms with Crippen molar-refractivity contribution in [3.63, 3.8) is 0 Å². The lowest BCUT2D eigenvalue weighted by Gasteiger charge is -2.28. The molecule has 4 aromatic rings. The molecular weight excluding hydrogens is 597 g/mol. The summed E-state index contributed by atoms with van der Waals surface area (Å²) >= 11 is 0. The average molecular weight is 636 g/mol. The molecule has 47 heavy (non-hydrogen) atoms. The third-order valence-corrected chi connectivity index (χ3v) is 10.2. The van der Waals surface area contributed by atoms with Gasteiger partial charge in [-0.05, 0) is 87.8 Å². The van der Waals surface area contributed by atoms with Crippen LogP contribution in [-0.4, -0.2) is 69.0 Å². The molecular formula is C36H38FN7O3. The first-order valence-corrected chi connectivity index (χ1v) is 16.4. The molecule has 2 aromatic heterocycles. The number of aromatic nitrogens is 4. The predicted molar refractivity (Wildman–Crippen MR) is 176 cm³/mol. The van der Waals surface area contributed by atoms with E-state index < -0.39 is 17.6 Å². The predicted octanol–water partition coefficient (Wildman–Crippen LogP) is 5.09. The van der Waals surface area contributed by atoms with Gasteiger partial charge in [-0.25, -0.2) is 14.4 Å². The number of hydrogen-bond donors (Lipinski definition) is 3. The molecule has 0 unspecified atom stereocenters. The summed E-state index contributed by atoms with van der Waals surface area (Å²) in [5.41, 5.74) is 6.36. The molecule has 4 atom stereocenters. The molecule has 4 heterocycles. The van der Waals surface area contributed by atoms with Gasteiger partial charge in [-0.2, -0.15) is 5.10 Å². The number of aryl methyl sites for hydroxylation is 4. The molecule has 10 nitrogen and oxygen atoms in total. The van der Waals surface area contributed by atoms with Gasteiger partial charge in [0.25, 0.3) is 5.91 Å². The molecule has 0 spiro atoms. The highest BCUT2D eigenvalue weighted by atomic mass is 19.1. The number of benzene rings is 2. The van der Waals surface area contributed by atoms with E-state index in [4.69, 9.17) is 14.7 Å². The zero-order chi connectivity index (χ0) is 32.4. The molecule has 1 saturated carbocycles. The quantitative estimate of drug-likeness (QED) is 0.246. The standard InChI is InChI=1S/C36H38FN7O3/c1-19-32(20(2)43-42-19)23-6-9-25(10-7-23)40-34(45)33(41-35(46)36(37)12-13-36)28-11-8-22-4-5-24(14-29(22)28)30-16-31(39-21(3)38-30)44-17-27-15-26(44)18-47-27/h4-7,9-10,14,16,26-28,33H,8,11-13,15,17-18H2,1-3H3,(H,40,45)(H,41,46)(H,42,43)/t26-,27-,28+,33-/m0/s1. The van der Waals surface area contributed by atoms with Crippen molar-refractivity contribution in [3.8, 4) is 22.4 Å². The summed E-state index contributed by atoms with van der Waals surface area (Å²) in [5, 5.41) is 13.1. The fraction of sp³-hybridized carbons (Fsp3) is 0.417. The van der Waals surface area contributed by atoms with Crippen LogP contribution < -0.4 is 15.5 Å². The second-order valence-electron chi connectivity index (χ2n) is 13.5. The summed E-state index contributed by atoms with van der Waals surface area (Å²) in [4.78, 5) is 38.8. The fourth-order valence-electron chi connectivity index (χ4n) is 7.54. The molecule has 11 heteroatoms. The lowest BCUT2D eigenvalue weighted by Crippen LogP contribution is -2.50. The van der Waals surface area contributed by atoms with Crippen molar-refractivity contribution in [2.75, 3.05) is 23.4 Å². The number of fused-ring (bicyclic) bond motifs is 3. The second-order valence-corrected chi connectivity index (χ2v) is 13.5. The molecule has 3 N–H and O–H groups in total. The Kier molecular flexibility index (Phi) is 7.12. The molecule has 8 rings (SSSR count). The highest BCUT2D eigenvalue weighted by Gasteiger charge is 2.52. The van der Waals surface area contributed by atoms with E-state index in [1.807, 2.05) is 51.1 Å². The lowest BCUT2D eigenvalue weighted by atomic mass is 9.90. The summed E-state index contributed by atoms with van der Waals surface area (Å²) < 4.78 is 20.7. The lowest BCUT2D eigenvalue weighted by molar-refractivity contribution is -0.131. The molecule has 242 valence electrons. The number of H-pyrrole nitrogens is 1. The number of nitrogens with zero attached hydrogens (tertiary/aromatic N) is 4. The Bertz CT molecular complexity index is 1870. The SMILES string of the molecule is Cc1nc(-c2ccc3c(c2)[C@H]([C@H](NC(=O)C2(F)CC2)C(=O)Nc2ccc(-c4c(C)n[nH]c4C)cc2)CC3)cc(N2C[C@@H]3C[C@H]2CO3)n1. The van der Waals surface area contributed by atoms with E-state index in [2.05, 4.69) is 43.9 Å². The highest BCUT2D eigenvalue weighted by Crippen LogP contribution is 2.42. The van der Waals surface area contributed by atoms with Crippen molar-refractivity contribution in [2.24, 2.45) is 0 Å². The Hall–Kier alpha value is -4.64. The number of aromatic amines is 1. The van der Waals surface area contributed by atoms with Gasteiger partial charge in [0.15, 0.2) is 5.67 Å². The normalized spacial score (nSPS) is 22.6. The molecule has 2 amide bonds. The smallest absolute Gasteiger partial charge is 0.258 e. The Morgan fingerprint density at radius 3 is 2.53 bits per heavy atom. The number of carbonyl (C=O) groups is 2. The monoisotopic (exact) mass is 635 g/mol. The van der Waals surface area contributed by atoms with E-state index in [-0.39, 0.29) is 30.8 Å². The van der Waals surface area contributed by atoms with Crippen molar-refractivity contribution < 1.29 is 18.7 Å². The zero-order valence-corrected chi connectivity index (χ0v) is 26.8. The van der Waals surface area contributed by atoms with Gasteiger partial charge in [0.2, 0.25) is 5.91 Å². The van der Waals surface area contributed by atoms with Crippen molar-refractivity contribution >= 4 is 23.3 Å². The largest absolute Gasteiger partial charge is 0.374 e. The third-order valence-electron chi connectivity index (χ3n) is 10.2. The number of hydrogen-bond acceptors (Lipinski definition) is 7. The first kappa shape index (κ1) is 29.7. The molecule has 3 fully saturated rings. The number of nitrogens with one attached hydrogen (secondary N) is 3. The van der Waals surface area contributed by atoms with E-state index in [9.17, 15) is 14.0 Å². The number of morpholine rings is 1. The van der Waals surface area contributed by atoms with Gasteiger partial charge in [0.1, 0.15) is 17.7 Å². The van der Waals surface area contributed by atoms with Gasteiger partial charge >= 0.3 is 0 Å². The number of amides is 2. The maximum atomic E-state index is 14.9. The first-order chi connectivity index (χ1) is 22.6. The Morgan fingerprint density at radius 2 is 1.85 bits per heavy atom. The van der Waals surface area contributed by atoms with Crippen LogP contribution >= 0.6 is 0 Å². The van der Waals surface area contributed by atoms with Crippen LogP contribution in [0.4, 0.5) is 15.9 Å². The van der Waals surface area contributed by atoms with Gasteiger partial charge in [-0.15, -0.1) is 0 Å². The number of alkyl halides is 1. The summed E-state index contributed by atoms with van der Waals surface area (Å²) in [7, 11) is 0. The molecule has 2 bridgehead atoms. The number of ether oxygens (including phenoxy) is 1. The topological polar surface area (TPSA) is 125 Å². The third kappa shape index (κ3) is 5.46. The van der Waals surface area contributed by atoms with E-state index in [1.54, 1.807) is 0 Å². The Morgan fingerprint density at radius 1 is 1.06 bits per heavy atom. The van der Waals surface area contributed by atoms with Crippen LogP contribution in [0.25, 0.3) is 22.4 Å². The van der Waals surface area contributed by atoms with Crippen molar-refractivity contribution in [3.05, 3.63) is 76.9 Å². The van der Waals surface area contributed by atoms with Crippen LogP contribution in [0.5, 0.6) is 0 Å². The van der Waals surface area contributed by atoms with Crippen LogP contribution in [0.2, 0.25) is 0 Å². The van der Waals surface area contributed by atoms with Gasteiger partial charge in [0, 0.05) is 41.0 Å². The summed E-state index contributed by atoms with van der Waals surface area (Å²) in [6.45, 7) is 7.36. The Balaban J connectivity index is 1.08. The van der Waals surface area contributed by atoms with Gasteiger partial charge in [-0.3, -0.25) is 14.7 Å². The second kappa shape index (κ2) is 11.3. The van der Waals surface area contributed by atoms with Crippen LogP contribution in [0, 0.1) is 20.8 Å². The highest BCUT2D eigenvalue weighted by molar-refractivity contribution is 6.00. The minimum Gasteiger partial charge on any atom is -0.374 e. The van der Waals surface area contributed by atoms with Gasteiger partial charge in [-0.1, -0.05) is 24.3 Å². The van der Waals surface area contributed by atoms with E-state index in [0.717, 1.165) is 70.1 Å². The summed E-state index contributed by atoms with van der Waals surface area (Å²) in [6, 6.07) is 15.2. The summed E-state index contributed by atoms with van der Waals surface area (Å²) in [6.07, 6.45) is 3.02.